The highest BCUT2D eigenvalue weighted by Gasteiger charge is 2.14. The van der Waals surface area contributed by atoms with Gasteiger partial charge in [0.2, 0.25) is 0 Å². The van der Waals surface area contributed by atoms with Crippen molar-refractivity contribution >= 4 is 5.96 Å². The maximum Gasteiger partial charge on any atom is 0.188 e. The van der Waals surface area contributed by atoms with Crippen LogP contribution in [0.1, 0.15) is 40.0 Å². The molecule has 1 aliphatic heterocycles. The first-order valence-electron chi connectivity index (χ1n) is 5.67. The lowest BCUT2D eigenvalue weighted by Crippen LogP contribution is -2.45. The van der Waals surface area contributed by atoms with Crippen LogP contribution in [0.25, 0.3) is 0 Å². The first-order chi connectivity index (χ1) is 6.97. The predicted octanol–water partition coefficient (Wildman–Crippen LogP) is 1.26. The Hall–Kier alpha value is -0.770. The molecule has 0 aliphatic carbocycles. The Bertz CT molecular complexity index is 214. The summed E-state index contributed by atoms with van der Waals surface area (Å²) in [7, 11) is 0. The van der Waals surface area contributed by atoms with Gasteiger partial charge in [0, 0.05) is 18.7 Å². The van der Waals surface area contributed by atoms with Gasteiger partial charge in [-0.1, -0.05) is 0 Å². The highest BCUT2D eigenvalue weighted by Crippen LogP contribution is 2.14. The summed E-state index contributed by atoms with van der Waals surface area (Å²) in [5, 5.41) is 3.13. The van der Waals surface area contributed by atoms with Crippen LogP contribution in [0.5, 0.6) is 0 Å². The van der Waals surface area contributed by atoms with Gasteiger partial charge in [-0.2, -0.15) is 0 Å². The summed E-state index contributed by atoms with van der Waals surface area (Å²) in [5.74, 6) is 0.528. The maximum absolute atomic E-state index is 5.74. The first kappa shape index (κ1) is 12.3. The molecule has 4 nitrogen and oxygen atoms in total. The molecular weight excluding hydrogens is 190 g/mol. The molecule has 0 radical (unpaired) electrons. The van der Waals surface area contributed by atoms with Gasteiger partial charge in [-0.25, -0.2) is 0 Å². The summed E-state index contributed by atoms with van der Waals surface area (Å²) in [5.41, 5.74) is 5.73. The van der Waals surface area contributed by atoms with Gasteiger partial charge in [0.05, 0.1) is 6.10 Å². The van der Waals surface area contributed by atoms with E-state index < -0.39 is 0 Å². The lowest BCUT2D eigenvalue weighted by molar-refractivity contribution is 0.106. The van der Waals surface area contributed by atoms with E-state index in [-0.39, 0.29) is 5.54 Å². The van der Waals surface area contributed by atoms with Gasteiger partial charge in [0.1, 0.15) is 0 Å². The number of nitrogens with zero attached hydrogens (tertiary/aromatic N) is 1. The minimum Gasteiger partial charge on any atom is -0.378 e. The van der Waals surface area contributed by atoms with Crippen molar-refractivity contribution < 1.29 is 4.74 Å². The normalized spacial score (nSPS) is 23.1. The number of hydrogen-bond acceptors (Lipinski definition) is 2. The molecule has 1 heterocycles. The van der Waals surface area contributed by atoms with Crippen LogP contribution in [0.4, 0.5) is 0 Å². The SMILES string of the molecule is CC(C)(C)NC(N)=NCCC1CCCO1. The molecule has 0 saturated carbocycles. The predicted molar refractivity (Wildman–Crippen MR) is 63.0 cm³/mol. The van der Waals surface area contributed by atoms with Gasteiger partial charge >= 0.3 is 0 Å². The molecule has 0 aromatic carbocycles. The maximum atomic E-state index is 5.74. The summed E-state index contributed by atoms with van der Waals surface area (Å²) >= 11 is 0. The average Bonchev–Trinajstić information content (AvgIpc) is 2.53. The topological polar surface area (TPSA) is 59.6 Å². The minimum absolute atomic E-state index is 0.0164. The van der Waals surface area contributed by atoms with Gasteiger partial charge in [-0.15, -0.1) is 0 Å². The number of hydrogen-bond donors (Lipinski definition) is 2. The minimum atomic E-state index is -0.0164. The molecule has 1 fully saturated rings. The van der Waals surface area contributed by atoms with Crippen LogP contribution in [-0.4, -0.2) is 30.8 Å². The lowest BCUT2D eigenvalue weighted by Gasteiger charge is -2.21. The van der Waals surface area contributed by atoms with E-state index >= 15 is 0 Å². The fourth-order valence-corrected chi connectivity index (χ4v) is 1.62. The lowest BCUT2D eigenvalue weighted by atomic mass is 10.1. The van der Waals surface area contributed by atoms with E-state index in [0.717, 1.165) is 19.6 Å². The van der Waals surface area contributed by atoms with E-state index in [4.69, 9.17) is 10.5 Å². The molecule has 15 heavy (non-hydrogen) atoms. The summed E-state index contributed by atoms with van der Waals surface area (Å²) < 4.78 is 5.51. The molecule has 0 aromatic rings. The first-order valence-corrected chi connectivity index (χ1v) is 5.67. The van der Waals surface area contributed by atoms with Crippen molar-refractivity contribution in [2.24, 2.45) is 10.7 Å². The third-order valence-electron chi connectivity index (χ3n) is 2.26. The molecule has 1 atom stereocenters. The van der Waals surface area contributed by atoms with Crippen LogP contribution in [0.3, 0.4) is 0 Å². The molecule has 1 saturated heterocycles. The van der Waals surface area contributed by atoms with Crippen LogP contribution in [0, 0.1) is 0 Å². The molecule has 0 spiro atoms. The van der Waals surface area contributed by atoms with E-state index in [1.807, 2.05) is 0 Å². The molecule has 1 rings (SSSR count). The third-order valence-corrected chi connectivity index (χ3v) is 2.26. The fourth-order valence-electron chi connectivity index (χ4n) is 1.62. The molecule has 0 aromatic heterocycles. The Morgan fingerprint density at radius 1 is 1.53 bits per heavy atom. The van der Waals surface area contributed by atoms with Crippen molar-refractivity contribution in [3.63, 3.8) is 0 Å². The summed E-state index contributed by atoms with van der Waals surface area (Å²) in [4.78, 5) is 4.28. The van der Waals surface area contributed by atoms with Crippen molar-refractivity contribution in [1.82, 2.24) is 5.32 Å². The summed E-state index contributed by atoms with van der Waals surface area (Å²) in [6, 6.07) is 0. The van der Waals surface area contributed by atoms with Crippen LogP contribution in [-0.2, 0) is 4.74 Å². The highest BCUT2D eigenvalue weighted by molar-refractivity contribution is 5.78. The highest BCUT2D eigenvalue weighted by atomic mass is 16.5. The standard InChI is InChI=1S/C11H23N3O/c1-11(2,3)14-10(12)13-7-6-9-5-4-8-15-9/h9H,4-8H2,1-3H3,(H3,12,13,14). The molecule has 0 amide bonds. The summed E-state index contributed by atoms with van der Waals surface area (Å²) in [6.07, 6.45) is 3.73. The number of rotatable bonds is 3. The second-order valence-corrected chi connectivity index (χ2v) is 5.07. The van der Waals surface area contributed by atoms with E-state index in [9.17, 15) is 0 Å². The fraction of sp³-hybridized carbons (Fsp3) is 0.909. The number of nitrogens with two attached hydrogens (primary N) is 1. The summed E-state index contributed by atoms with van der Waals surface area (Å²) in [6.45, 7) is 7.85. The van der Waals surface area contributed by atoms with E-state index in [1.165, 1.54) is 12.8 Å². The van der Waals surface area contributed by atoms with Crippen LogP contribution >= 0.6 is 0 Å². The number of ether oxygens (including phenoxy) is 1. The molecule has 3 N–H and O–H groups in total. The van der Waals surface area contributed by atoms with Gasteiger partial charge in [-0.3, -0.25) is 4.99 Å². The Morgan fingerprint density at radius 3 is 2.80 bits per heavy atom. The monoisotopic (exact) mass is 213 g/mol. The number of nitrogens with one attached hydrogen (secondary N) is 1. The van der Waals surface area contributed by atoms with Crippen molar-refractivity contribution in [2.45, 2.75) is 51.7 Å². The Balaban J connectivity index is 2.18. The van der Waals surface area contributed by atoms with Gasteiger partial charge < -0.3 is 15.8 Å². The Labute approximate surface area is 92.3 Å². The molecule has 4 heteroatoms. The molecule has 1 unspecified atom stereocenters. The molecule has 88 valence electrons. The van der Waals surface area contributed by atoms with Crippen molar-refractivity contribution in [1.29, 1.82) is 0 Å². The average molecular weight is 213 g/mol. The zero-order valence-electron chi connectivity index (χ0n) is 10.0. The number of guanidine groups is 1. The van der Waals surface area contributed by atoms with Crippen LogP contribution < -0.4 is 11.1 Å². The molecule has 1 aliphatic rings. The van der Waals surface area contributed by atoms with Gasteiger partial charge in [0.25, 0.3) is 0 Å². The van der Waals surface area contributed by atoms with Crippen LogP contribution in [0.2, 0.25) is 0 Å². The zero-order chi connectivity index (χ0) is 11.3. The van der Waals surface area contributed by atoms with Crippen LogP contribution in [0.15, 0.2) is 4.99 Å². The smallest absolute Gasteiger partial charge is 0.188 e. The largest absolute Gasteiger partial charge is 0.378 e. The van der Waals surface area contributed by atoms with Crippen molar-refractivity contribution in [3.8, 4) is 0 Å². The second kappa shape index (κ2) is 5.35. The quantitative estimate of drug-likeness (QED) is 0.548. The van der Waals surface area contributed by atoms with Gasteiger partial charge in [-0.05, 0) is 40.0 Å². The number of aliphatic imine (C=N–C) groups is 1. The van der Waals surface area contributed by atoms with Crippen molar-refractivity contribution in [3.05, 3.63) is 0 Å². The second-order valence-electron chi connectivity index (χ2n) is 5.07. The Morgan fingerprint density at radius 2 is 2.27 bits per heavy atom. The van der Waals surface area contributed by atoms with E-state index in [0.29, 0.717) is 12.1 Å². The zero-order valence-corrected chi connectivity index (χ0v) is 10.0. The van der Waals surface area contributed by atoms with E-state index in [2.05, 4.69) is 31.1 Å². The molecule has 0 bridgehead atoms. The Kier molecular flexibility index (Phi) is 4.39. The van der Waals surface area contributed by atoms with E-state index in [1.54, 1.807) is 0 Å². The third kappa shape index (κ3) is 5.62. The van der Waals surface area contributed by atoms with Crippen molar-refractivity contribution in [2.75, 3.05) is 13.2 Å². The molecular formula is C11H23N3O. The van der Waals surface area contributed by atoms with Gasteiger partial charge in [0.15, 0.2) is 5.96 Å².